The molecular formula is C23H27N3O4. The van der Waals surface area contributed by atoms with E-state index in [1.807, 2.05) is 55.5 Å². The summed E-state index contributed by atoms with van der Waals surface area (Å²) in [5.74, 6) is 0.770. The number of ether oxygens (including phenoxy) is 2. The number of carbonyl (C=O) groups excluding carboxylic acids is 2. The molecule has 0 radical (unpaired) electrons. The molecule has 1 fully saturated rings. The highest BCUT2D eigenvalue weighted by atomic mass is 16.5. The summed E-state index contributed by atoms with van der Waals surface area (Å²) in [4.78, 5) is 26.4. The van der Waals surface area contributed by atoms with Gasteiger partial charge in [0, 0.05) is 18.7 Å². The first-order chi connectivity index (χ1) is 14.6. The second kappa shape index (κ2) is 10.4. The van der Waals surface area contributed by atoms with Gasteiger partial charge in [-0.15, -0.1) is 0 Å². The Morgan fingerprint density at radius 2 is 1.77 bits per heavy atom. The van der Waals surface area contributed by atoms with Gasteiger partial charge in [0.25, 0.3) is 0 Å². The van der Waals surface area contributed by atoms with E-state index in [0.29, 0.717) is 19.8 Å². The normalized spacial score (nSPS) is 16.1. The maximum atomic E-state index is 12.4. The molecule has 0 bridgehead atoms. The fourth-order valence-electron chi connectivity index (χ4n) is 3.15. The lowest BCUT2D eigenvalue weighted by molar-refractivity contribution is -0.126. The minimum absolute atomic E-state index is 0.0778. The molecule has 0 aromatic heterocycles. The molecular weight excluding hydrogens is 382 g/mol. The van der Waals surface area contributed by atoms with Crippen LogP contribution in [0.2, 0.25) is 0 Å². The van der Waals surface area contributed by atoms with Crippen molar-refractivity contribution >= 4 is 23.7 Å². The van der Waals surface area contributed by atoms with E-state index in [9.17, 15) is 9.59 Å². The van der Waals surface area contributed by atoms with E-state index in [2.05, 4.69) is 17.5 Å². The zero-order chi connectivity index (χ0) is 21.3. The fraction of sp³-hybridized carbons (Fsp3) is 0.348. The Balaban J connectivity index is 1.52. The molecule has 2 amide bonds. The first-order valence-electron chi connectivity index (χ1n) is 10.2. The van der Waals surface area contributed by atoms with Crippen molar-refractivity contribution in [2.75, 3.05) is 24.7 Å². The fourth-order valence-corrected chi connectivity index (χ4v) is 3.15. The Morgan fingerprint density at radius 3 is 2.43 bits per heavy atom. The third-order valence-electron chi connectivity index (χ3n) is 4.70. The quantitative estimate of drug-likeness (QED) is 0.509. The van der Waals surface area contributed by atoms with Crippen LogP contribution in [-0.2, 0) is 9.59 Å². The minimum Gasteiger partial charge on any atom is -0.494 e. The number of benzene rings is 2. The second-order valence-corrected chi connectivity index (χ2v) is 6.98. The average molecular weight is 409 g/mol. The average Bonchev–Trinajstić information content (AvgIpc) is 3.15. The summed E-state index contributed by atoms with van der Waals surface area (Å²) in [5.41, 5.74) is 4.14. The van der Waals surface area contributed by atoms with Crippen molar-refractivity contribution in [3.63, 3.8) is 0 Å². The molecule has 0 unspecified atom stereocenters. The summed E-state index contributed by atoms with van der Waals surface area (Å²) in [5, 5.41) is 4.02. The highest BCUT2D eigenvalue weighted by molar-refractivity contribution is 6.00. The van der Waals surface area contributed by atoms with Crippen LogP contribution < -0.4 is 19.8 Å². The van der Waals surface area contributed by atoms with Crippen molar-refractivity contribution in [3.05, 3.63) is 54.1 Å². The summed E-state index contributed by atoms with van der Waals surface area (Å²) in [6.45, 7) is 5.57. The lowest BCUT2D eigenvalue weighted by atomic mass is 10.1. The van der Waals surface area contributed by atoms with Gasteiger partial charge in [-0.1, -0.05) is 6.92 Å². The van der Waals surface area contributed by atoms with Gasteiger partial charge in [-0.3, -0.25) is 9.59 Å². The summed E-state index contributed by atoms with van der Waals surface area (Å²) in [6, 6.07) is 14.8. The first kappa shape index (κ1) is 21.4. The van der Waals surface area contributed by atoms with Crippen LogP contribution in [0.25, 0.3) is 0 Å². The van der Waals surface area contributed by atoms with E-state index < -0.39 is 5.92 Å². The van der Waals surface area contributed by atoms with Gasteiger partial charge in [-0.05, 0) is 67.4 Å². The topological polar surface area (TPSA) is 80.2 Å². The molecule has 2 aromatic rings. The molecule has 1 heterocycles. The number of hydrazone groups is 1. The molecule has 0 aliphatic carbocycles. The third-order valence-corrected chi connectivity index (χ3v) is 4.70. The van der Waals surface area contributed by atoms with Crippen molar-refractivity contribution in [3.8, 4) is 11.5 Å². The first-order valence-corrected chi connectivity index (χ1v) is 10.2. The number of carbonyl (C=O) groups is 2. The van der Waals surface area contributed by atoms with E-state index in [1.165, 1.54) is 0 Å². The molecule has 1 aliphatic rings. The van der Waals surface area contributed by atoms with Gasteiger partial charge in [-0.2, -0.15) is 5.10 Å². The number of hydrogen-bond donors (Lipinski definition) is 1. The number of hydrogen-bond acceptors (Lipinski definition) is 5. The smallest absolute Gasteiger partial charge is 0.245 e. The third kappa shape index (κ3) is 5.59. The molecule has 1 atom stereocenters. The van der Waals surface area contributed by atoms with Gasteiger partial charge in [0.15, 0.2) is 0 Å². The van der Waals surface area contributed by atoms with Crippen LogP contribution in [0.3, 0.4) is 0 Å². The van der Waals surface area contributed by atoms with E-state index in [4.69, 9.17) is 9.47 Å². The number of anilines is 1. The number of rotatable bonds is 9. The van der Waals surface area contributed by atoms with E-state index in [0.717, 1.165) is 29.2 Å². The monoisotopic (exact) mass is 409 g/mol. The molecule has 7 nitrogen and oxygen atoms in total. The van der Waals surface area contributed by atoms with Crippen LogP contribution in [0.15, 0.2) is 53.6 Å². The molecule has 1 saturated heterocycles. The molecule has 7 heteroatoms. The number of nitrogens with zero attached hydrogens (tertiary/aromatic N) is 2. The van der Waals surface area contributed by atoms with E-state index in [-0.39, 0.29) is 18.2 Å². The summed E-state index contributed by atoms with van der Waals surface area (Å²) < 4.78 is 11.0. The SMILES string of the molecule is CCCOc1ccc(/C=N\NC(=O)[C@H]2CC(=O)N(c3ccc(OCC)cc3)C2)cc1. The Hall–Kier alpha value is -3.35. The predicted molar refractivity (Wildman–Crippen MR) is 116 cm³/mol. The van der Waals surface area contributed by atoms with Gasteiger partial charge in [0.05, 0.1) is 25.3 Å². The zero-order valence-electron chi connectivity index (χ0n) is 17.3. The minimum atomic E-state index is -0.439. The lowest BCUT2D eigenvalue weighted by Gasteiger charge is -2.17. The largest absolute Gasteiger partial charge is 0.494 e. The van der Waals surface area contributed by atoms with Crippen LogP contribution >= 0.6 is 0 Å². The zero-order valence-corrected chi connectivity index (χ0v) is 17.3. The van der Waals surface area contributed by atoms with E-state index in [1.54, 1.807) is 11.1 Å². The molecule has 3 rings (SSSR count). The van der Waals surface area contributed by atoms with Gasteiger partial charge >= 0.3 is 0 Å². The molecule has 30 heavy (non-hydrogen) atoms. The Morgan fingerprint density at radius 1 is 1.10 bits per heavy atom. The van der Waals surface area contributed by atoms with Gasteiger partial charge < -0.3 is 14.4 Å². The summed E-state index contributed by atoms with van der Waals surface area (Å²) >= 11 is 0. The summed E-state index contributed by atoms with van der Waals surface area (Å²) in [6.07, 6.45) is 2.69. The van der Waals surface area contributed by atoms with Crippen molar-refractivity contribution in [1.82, 2.24) is 5.43 Å². The van der Waals surface area contributed by atoms with Crippen LogP contribution in [0.1, 0.15) is 32.3 Å². The lowest BCUT2D eigenvalue weighted by Crippen LogP contribution is -2.30. The highest BCUT2D eigenvalue weighted by Gasteiger charge is 2.35. The van der Waals surface area contributed by atoms with Crippen molar-refractivity contribution in [2.45, 2.75) is 26.7 Å². The number of nitrogens with one attached hydrogen (secondary N) is 1. The highest BCUT2D eigenvalue weighted by Crippen LogP contribution is 2.27. The molecule has 2 aromatic carbocycles. The second-order valence-electron chi connectivity index (χ2n) is 6.98. The summed E-state index contributed by atoms with van der Waals surface area (Å²) in [7, 11) is 0. The maximum absolute atomic E-state index is 12.4. The van der Waals surface area contributed by atoms with Crippen molar-refractivity contribution in [2.24, 2.45) is 11.0 Å². The van der Waals surface area contributed by atoms with Crippen LogP contribution in [0, 0.1) is 5.92 Å². The number of amides is 2. The van der Waals surface area contributed by atoms with Crippen LogP contribution in [-0.4, -0.2) is 37.8 Å². The van der Waals surface area contributed by atoms with Gasteiger partial charge in [0.2, 0.25) is 11.8 Å². The van der Waals surface area contributed by atoms with Crippen molar-refractivity contribution < 1.29 is 19.1 Å². The van der Waals surface area contributed by atoms with Crippen LogP contribution in [0.4, 0.5) is 5.69 Å². The molecule has 1 N–H and O–H groups in total. The predicted octanol–water partition coefficient (Wildman–Crippen LogP) is 3.38. The molecule has 0 spiro atoms. The van der Waals surface area contributed by atoms with Gasteiger partial charge in [0.1, 0.15) is 11.5 Å². The maximum Gasteiger partial charge on any atom is 0.245 e. The van der Waals surface area contributed by atoms with Crippen LogP contribution in [0.5, 0.6) is 11.5 Å². The molecule has 0 saturated carbocycles. The molecule has 1 aliphatic heterocycles. The van der Waals surface area contributed by atoms with E-state index >= 15 is 0 Å². The Bertz CT molecular complexity index is 878. The standard InChI is InChI=1S/C23H27N3O4/c1-3-13-30-21-9-5-17(6-10-21)15-24-25-23(28)18-14-22(27)26(16-18)19-7-11-20(12-8-19)29-4-2/h5-12,15,18H,3-4,13-14,16H2,1-2H3,(H,25,28)/b24-15-/t18-/m0/s1. The van der Waals surface area contributed by atoms with Crippen molar-refractivity contribution in [1.29, 1.82) is 0 Å². The van der Waals surface area contributed by atoms with Gasteiger partial charge in [-0.25, -0.2) is 5.43 Å². The Labute approximate surface area is 176 Å². The Kier molecular flexibility index (Phi) is 7.43. The molecule has 158 valence electrons.